The molecule has 1 aliphatic heterocycles. The maximum absolute atomic E-state index is 13.3. The van der Waals surface area contributed by atoms with Gasteiger partial charge in [-0.05, 0) is 6.07 Å². The van der Waals surface area contributed by atoms with Gasteiger partial charge in [0.1, 0.15) is 12.4 Å². The second kappa shape index (κ2) is 3.29. The maximum atomic E-state index is 13.3. The number of nitrogens with zero attached hydrogens (tertiary/aromatic N) is 1. The van der Waals surface area contributed by atoms with Gasteiger partial charge in [0.05, 0.1) is 6.04 Å². The minimum absolute atomic E-state index is 0.219. The van der Waals surface area contributed by atoms with Crippen LogP contribution in [0.1, 0.15) is 11.6 Å². The van der Waals surface area contributed by atoms with Gasteiger partial charge in [0.15, 0.2) is 0 Å². The molecule has 0 bridgehead atoms. The molecular formula is C10H10FNO2. The molecule has 1 atom stereocenters. The summed E-state index contributed by atoms with van der Waals surface area (Å²) < 4.78 is 18.2. The Morgan fingerprint density at radius 3 is 2.79 bits per heavy atom. The molecule has 0 radical (unpaired) electrons. The van der Waals surface area contributed by atoms with Gasteiger partial charge in [-0.1, -0.05) is 18.2 Å². The summed E-state index contributed by atoms with van der Waals surface area (Å²) in [6.07, 6.45) is -0.404. The van der Waals surface area contributed by atoms with Crippen LogP contribution in [0.5, 0.6) is 0 Å². The molecule has 0 aliphatic carbocycles. The number of benzene rings is 1. The van der Waals surface area contributed by atoms with Crippen LogP contribution >= 0.6 is 0 Å². The molecule has 1 amide bonds. The highest BCUT2D eigenvalue weighted by molar-refractivity contribution is 5.70. The van der Waals surface area contributed by atoms with Crippen molar-refractivity contribution in [1.82, 2.24) is 4.90 Å². The summed E-state index contributed by atoms with van der Waals surface area (Å²) in [4.78, 5) is 12.5. The largest absolute Gasteiger partial charge is 0.447 e. The zero-order valence-electron chi connectivity index (χ0n) is 7.74. The van der Waals surface area contributed by atoms with Crippen molar-refractivity contribution in [1.29, 1.82) is 0 Å². The van der Waals surface area contributed by atoms with Crippen molar-refractivity contribution in [3.63, 3.8) is 0 Å². The van der Waals surface area contributed by atoms with Gasteiger partial charge in [0.2, 0.25) is 0 Å². The van der Waals surface area contributed by atoms with E-state index in [1.807, 2.05) is 0 Å². The first kappa shape index (κ1) is 8.99. The summed E-state index contributed by atoms with van der Waals surface area (Å²) in [6, 6.07) is 6.11. The first-order chi connectivity index (χ1) is 6.70. The van der Waals surface area contributed by atoms with E-state index in [0.717, 1.165) is 0 Å². The van der Waals surface area contributed by atoms with Gasteiger partial charge in [0, 0.05) is 12.6 Å². The van der Waals surface area contributed by atoms with Crippen molar-refractivity contribution in [3.05, 3.63) is 35.6 Å². The maximum Gasteiger partial charge on any atom is 0.410 e. The van der Waals surface area contributed by atoms with Crippen LogP contribution in [0.15, 0.2) is 24.3 Å². The first-order valence-electron chi connectivity index (χ1n) is 4.34. The molecule has 74 valence electrons. The summed E-state index contributed by atoms with van der Waals surface area (Å²) in [5.74, 6) is -0.303. The van der Waals surface area contributed by atoms with Crippen LogP contribution in [0.2, 0.25) is 0 Å². The molecule has 1 aliphatic rings. The van der Waals surface area contributed by atoms with Gasteiger partial charge in [-0.3, -0.25) is 0 Å². The van der Waals surface area contributed by atoms with Gasteiger partial charge < -0.3 is 9.64 Å². The summed E-state index contributed by atoms with van der Waals surface area (Å²) in [7, 11) is 1.60. The lowest BCUT2D eigenvalue weighted by Crippen LogP contribution is -2.23. The molecule has 2 rings (SSSR count). The van der Waals surface area contributed by atoms with E-state index in [4.69, 9.17) is 4.74 Å². The fourth-order valence-corrected chi connectivity index (χ4v) is 1.53. The summed E-state index contributed by atoms with van der Waals surface area (Å²) in [5.41, 5.74) is 0.501. The lowest BCUT2D eigenvalue weighted by atomic mass is 10.1. The summed E-state index contributed by atoms with van der Waals surface area (Å²) in [6.45, 7) is 0.219. The highest BCUT2D eigenvalue weighted by atomic mass is 19.1. The predicted octanol–water partition coefficient (Wildman–Crippen LogP) is 1.95. The Morgan fingerprint density at radius 2 is 2.21 bits per heavy atom. The Labute approximate surface area is 81.1 Å². The van der Waals surface area contributed by atoms with Crippen LogP contribution in [-0.4, -0.2) is 24.6 Å². The average Bonchev–Trinajstić information content (AvgIpc) is 2.49. The lowest BCUT2D eigenvalue weighted by molar-refractivity contribution is 0.163. The SMILES string of the molecule is CN1C(=O)OCC1c1ccccc1F. The third-order valence-electron chi connectivity index (χ3n) is 2.38. The Bertz CT molecular complexity index is 367. The van der Waals surface area contributed by atoms with Crippen LogP contribution < -0.4 is 0 Å². The highest BCUT2D eigenvalue weighted by Gasteiger charge is 2.32. The summed E-state index contributed by atoms with van der Waals surface area (Å²) in [5, 5.41) is 0. The van der Waals surface area contributed by atoms with Gasteiger partial charge >= 0.3 is 6.09 Å². The smallest absolute Gasteiger partial charge is 0.410 e. The van der Waals surface area contributed by atoms with Gasteiger partial charge in [-0.2, -0.15) is 0 Å². The van der Waals surface area contributed by atoms with Crippen molar-refractivity contribution in [3.8, 4) is 0 Å². The molecular weight excluding hydrogens is 185 g/mol. The number of hydrogen-bond donors (Lipinski definition) is 0. The number of carbonyl (C=O) groups excluding carboxylic acids is 1. The van der Waals surface area contributed by atoms with Gasteiger partial charge in [-0.15, -0.1) is 0 Å². The molecule has 3 nitrogen and oxygen atoms in total. The van der Waals surface area contributed by atoms with Crippen molar-refractivity contribution in [2.24, 2.45) is 0 Å². The van der Waals surface area contributed by atoms with Crippen molar-refractivity contribution >= 4 is 6.09 Å². The van der Waals surface area contributed by atoms with Crippen LogP contribution in [0, 0.1) is 5.82 Å². The zero-order chi connectivity index (χ0) is 10.1. The Kier molecular flexibility index (Phi) is 2.11. The summed E-state index contributed by atoms with van der Waals surface area (Å²) >= 11 is 0. The Balaban J connectivity index is 2.32. The standard InChI is InChI=1S/C10H10FNO2/c1-12-9(6-14-10(12)13)7-4-2-3-5-8(7)11/h2-5,9H,6H2,1H3. The Hall–Kier alpha value is -1.58. The monoisotopic (exact) mass is 195 g/mol. The van der Waals surface area contributed by atoms with E-state index in [-0.39, 0.29) is 18.5 Å². The third kappa shape index (κ3) is 1.32. The molecule has 0 aromatic heterocycles. The predicted molar refractivity (Wildman–Crippen MR) is 48.3 cm³/mol. The number of halogens is 1. The van der Waals surface area contributed by atoms with Gasteiger partial charge in [-0.25, -0.2) is 9.18 Å². The minimum atomic E-state index is -0.404. The van der Waals surface area contributed by atoms with Crippen LogP contribution in [0.3, 0.4) is 0 Å². The molecule has 1 unspecified atom stereocenters. The molecule has 0 N–H and O–H groups in total. The third-order valence-corrected chi connectivity index (χ3v) is 2.38. The van der Waals surface area contributed by atoms with Crippen molar-refractivity contribution in [2.75, 3.05) is 13.7 Å². The quantitative estimate of drug-likeness (QED) is 0.685. The molecule has 1 heterocycles. The van der Waals surface area contributed by atoms with E-state index in [1.54, 1.807) is 25.2 Å². The normalized spacial score (nSPS) is 21.1. The molecule has 4 heteroatoms. The lowest BCUT2D eigenvalue weighted by Gasteiger charge is -2.16. The number of rotatable bonds is 1. The first-order valence-corrected chi connectivity index (χ1v) is 4.34. The van der Waals surface area contributed by atoms with E-state index in [1.165, 1.54) is 11.0 Å². The molecule has 0 saturated carbocycles. The van der Waals surface area contributed by atoms with Crippen LogP contribution in [-0.2, 0) is 4.74 Å². The fraction of sp³-hybridized carbons (Fsp3) is 0.300. The van der Waals surface area contributed by atoms with Crippen molar-refractivity contribution < 1.29 is 13.9 Å². The minimum Gasteiger partial charge on any atom is -0.447 e. The number of carbonyl (C=O) groups is 1. The topological polar surface area (TPSA) is 29.5 Å². The second-order valence-corrected chi connectivity index (χ2v) is 3.23. The van der Waals surface area contributed by atoms with E-state index in [0.29, 0.717) is 5.56 Å². The molecule has 1 saturated heterocycles. The fourth-order valence-electron chi connectivity index (χ4n) is 1.53. The Morgan fingerprint density at radius 1 is 1.50 bits per heavy atom. The molecule has 1 fully saturated rings. The number of likely N-dealkylation sites (N-methyl/N-ethyl adjacent to an activating group) is 1. The van der Waals surface area contributed by atoms with Crippen molar-refractivity contribution in [2.45, 2.75) is 6.04 Å². The highest BCUT2D eigenvalue weighted by Crippen LogP contribution is 2.27. The molecule has 0 spiro atoms. The second-order valence-electron chi connectivity index (χ2n) is 3.23. The van der Waals surface area contributed by atoms with E-state index in [2.05, 4.69) is 0 Å². The van der Waals surface area contributed by atoms with E-state index < -0.39 is 6.09 Å². The molecule has 1 aromatic rings. The number of hydrogen-bond acceptors (Lipinski definition) is 2. The van der Waals surface area contributed by atoms with Crippen LogP contribution in [0.25, 0.3) is 0 Å². The average molecular weight is 195 g/mol. The van der Waals surface area contributed by atoms with Crippen LogP contribution in [0.4, 0.5) is 9.18 Å². The van der Waals surface area contributed by atoms with Gasteiger partial charge in [0.25, 0.3) is 0 Å². The number of amides is 1. The zero-order valence-corrected chi connectivity index (χ0v) is 7.74. The van der Waals surface area contributed by atoms with E-state index in [9.17, 15) is 9.18 Å². The van der Waals surface area contributed by atoms with E-state index >= 15 is 0 Å². The number of cyclic esters (lactones) is 1. The molecule has 1 aromatic carbocycles. The molecule has 14 heavy (non-hydrogen) atoms. The number of ether oxygens (including phenoxy) is 1.